The quantitative estimate of drug-likeness (QED) is 0.766. The van der Waals surface area contributed by atoms with E-state index >= 15 is 0 Å². The Morgan fingerprint density at radius 2 is 2.05 bits per heavy atom. The van der Waals surface area contributed by atoms with Crippen molar-refractivity contribution in [2.45, 2.75) is 31.1 Å². The van der Waals surface area contributed by atoms with Gasteiger partial charge < -0.3 is 10.6 Å². The molecule has 0 aliphatic carbocycles. The second-order valence-corrected chi connectivity index (χ2v) is 6.76. The van der Waals surface area contributed by atoms with Gasteiger partial charge in [-0.2, -0.15) is 0 Å². The molecule has 1 aliphatic heterocycles. The van der Waals surface area contributed by atoms with E-state index in [4.69, 9.17) is 5.14 Å². The number of hydrogen-bond donors (Lipinski definition) is 3. The summed E-state index contributed by atoms with van der Waals surface area (Å²) in [7, 11) is -3.79. The molecule has 7 heteroatoms. The number of nitrogens with one attached hydrogen (secondary N) is 2. The Morgan fingerprint density at radius 3 is 2.62 bits per heavy atom. The Labute approximate surface area is 125 Å². The molecule has 4 N–H and O–H groups in total. The van der Waals surface area contributed by atoms with E-state index in [1.807, 2.05) is 6.92 Å². The highest BCUT2D eigenvalue weighted by Gasteiger charge is 2.21. The predicted octanol–water partition coefficient (Wildman–Crippen LogP) is 0.835. The second kappa shape index (κ2) is 6.55. The second-order valence-electron chi connectivity index (χ2n) is 5.23. The summed E-state index contributed by atoms with van der Waals surface area (Å²) in [4.78, 5) is 12.2. The van der Waals surface area contributed by atoms with Gasteiger partial charge in [-0.15, -0.1) is 0 Å². The van der Waals surface area contributed by atoms with E-state index in [-0.39, 0.29) is 16.7 Å². The van der Waals surface area contributed by atoms with E-state index in [1.54, 1.807) is 12.1 Å². The number of aryl methyl sites for hydroxylation is 1. The van der Waals surface area contributed by atoms with Crippen LogP contribution < -0.4 is 15.8 Å². The van der Waals surface area contributed by atoms with E-state index in [1.165, 1.54) is 6.07 Å². The van der Waals surface area contributed by atoms with Crippen LogP contribution in [0.5, 0.6) is 0 Å². The molecule has 0 spiro atoms. The maximum Gasteiger partial charge on any atom is 0.238 e. The molecule has 0 atom stereocenters. The monoisotopic (exact) mass is 311 g/mol. The normalized spacial score (nSPS) is 16.7. The molecule has 1 aromatic carbocycles. The molecule has 0 radical (unpaired) electrons. The number of amides is 1. The molecule has 2 rings (SSSR count). The summed E-state index contributed by atoms with van der Waals surface area (Å²) in [6.45, 7) is 3.52. The van der Waals surface area contributed by atoms with Gasteiger partial charge in [0.05, 0.1) is 4.90 Å². The Bertz CT molecular complexity index is 622. The van der Waals surface area contributed by atoms with Crippen molar-refractivity contribution in [2.75, 3.05) is 18.4 Å². The van der Waals surface area contributed by atoms with Crippen LogP contribution in [0.25, 0.3) is 0 Å². The zero-order valence-electron chi connectivity index (χ0n) is 12.1. The van der Waals surface area contributed by atoms with Crippen LogP contribution in [0, 0.1) is 5.92 Å². The zero-order valence-corrected chi connectivity index (χ0v) is 12.9. The highest BCUT2D eigenvalue weighted by atomic mass is 32.2. The van der Waals surface area contributed by atoms with E-state index in [9.17, 15) is 13.2 Å². The SMILES string of the molecule is CCc1ccc(NC(=O)C2CCNCC2)cc1S(N)(=O)=O. The maximum atomic E-state index is 12.2. The molecule has 1 saturated heterocycles. The number of hydrogen-bond acceptors (Lipinski definition) is 4. The van der Waals surface area contributed by atoms with Crippen molar-refractivity contribution in [3.8, 4) is 0 Å². The minimum atomic E-state index is -3.79. The minimum Gasteiger partial charge on any atom is -0.326 e. The number of sulfonamides is 1. The molecule has 0 aromatic heterocycles. The molecule has 1 heterocycles. The first-order chi connectivity index (χ1) is 9.91. The van der Waals surface area contributed by atoms with Crippen molar-refractivity contribution >= 4 is 21.6 Å². The number of rotatable bonds is 4. The standard InChI is InChI=1S/C14H21N3O3S/c1-2-10-3-4-12(9-13(10)21(15,19)20)17-14(18)11-5-7-16-8-6-11/h3-4,9,11,16H,2,5-8H2,1H3,(H,17,18)(H2,15,19,20). The molecular weight excluding hydrogens is 290 g/mol. The molecular formula is C14H21N3O3S. The number of nitrogens with two attached hydrogens (primary N) is 1. The van der Waals surface area contributed by atoms with Gasteiger partial charge in [0, 0.05) is 11.6 Å². The number of anilines is 1. The van der Waals surface area contributed by atoms with Crippen LogP contribution in [-0.4, -0.2) is 27.4 Å². The third-order valence-corrected chi connectivity index (χ3v) is 4.73. The van der Waals surface area contributed by atoms with Crippen LogP contribution in [0.2, 0.25) is 0 Å². The fourth-order valence-corrected chi connectivity index (χ4v) is 3.39. The summed E-state index contributed by atoms with van der Waals surface area (Å²) >= 11 is 0. The summed E-state index contributed by atoms with van der Waals surface area (Å²) < 4.78 is 23.2. The maximum absolute atomic E-state index is 12.2. The Balaban J connectivity index is 2.19. The van der Waals surface area contributed by atoms with Gasteiger partial charge in [0.15, 0.2) is 0 Å². The van der Waals surface area contributed by atoms with Gasteiger partial charge in [-0.05, 0) is 50.0 Å². The first-order valence-electron chi connectivity index (χ1n) is 7.09. The Morgan fingerprint density at radius 1 is 1.38 bits per heavy atom. The van der Waals surface area contributed by atoms with Crippen molar-refractivity contribution in [2.24, 2.45) is 11.1 Å². The molecule has 1 amide bonds. The first kappa shape index (κ1) is 15.9. The van der Waals surface area contributed by atoms with Crippen LogP contribution in [-0.2, 0) is 21.2 Å². The average molecular weight is 311 g/mol. The minimum absolute atomic E-state index is 0.0324. The fourth-order valence-electron chi connectivity index (χ4n) is 2.52. The zero-order chi connectivity index (χ0) is 15.5. The molecule has 1 fully saturated rings. The number of primary sulfonamides is 1. The third-order valence-electron chi connectivity index (χ3n) is 3.73. The van der Waals surface area contributed by atoms with Crippen molar-refractivity contribution < 1.29 is 13.2 Å². The van der Waals surface area contributed by atoms with E-state index in [0.717, 1.165) is 25.9 Å². The smallest absolute Gasteiger partial charge is 0.238 e. The molecule has 1 aliphatic rings. The van der Waals surface area contributed by atoms with Crippen LogP contribution in [0.1, 0.15) is 25.3 Å². The topological polar surface area (TPSA) is 101 Å². The summed E-state index contributed by atoms with van der Waals surface area (Å²) in [6.07, 6.45) is 2.15. The van der Waals surface area contributed by atoms with Gasteiger partial charge in [0.25, 0.3) is 0 Å². The number of carbonyl (C=O) groups is 1. The van der Waals surface area contributed by atoms with Gasteiger partial charge in [-0.25, -0.2) is 13.6 Å². The number of carbonyl (C=O) groups excluding carboxylic acids is 1. The lowest BCUT2D eigenvalue weighted by Crippen LogP contribution is -2.34. The largest absolute Gasteiger partial charge is 0.326 e. The van der Waals surface area contributed by atoms with Crippen molar-refractivity contribution in [1.82, 2.24) is 5.32 Å². The molecule has 6 nitrogen and oxygen atoms in total. The number of piperidine rings is 1. The lowest BCUT2D eigenvalue weighted by atomic mass is 9.97. The van der Waals surface area contributed by atoms with E-state index in [0.29, 0.717) is 17.7 Å². The van der Waals surface area contributed by atoms with Gasteiger partial charge in [-0.3, -0.25) is 4.79 Å². The number of benzene rings is 1. The van der Waals surface area contributed by atoms with Crippen LogP contribution >= 0.6 is 0 Å². The lowest BCUT2D eigenvalue weighted by molar-refractivity contribution is -0.120. The lowest BCUT2D eigenvalue weighted by Gasteiger charge is -2.22. The van der Waals surface area contributed by atoms with Gasteiger partial charge in [0.1, 0.15) is 0 Å². The summed E-state index contributed by atoms with van der Waals surface area (Å²) in [5.74, 6) is -0.101. The first-order valence-corrected chi connectivity index (χ1v) is 8.63. The molecule has 0 saturated carbocycles. The third kappa shape index (κ3) is 4.03. The van der Waals surface area contributed by atoms with Gasteiger partial charge >= 0.3 is 0 Å². The molecule has 1 aromatic rings. The van der Waals surface area contributed by atoms with Crippen LogP contribution in [0.15, 0.2) is 23.1 Å². The van der Waals surface area contributed by atoms with Gasteiger partial charge in [-0.1, -0.05) is 13.0 Å². The highest BCUT2D eigenvalue weighted by Crippen LogP contribution is 2.22. The molecule has 0 unspecified atom stereocenters. The average Bonchev–Trinajstić information content (AvgIpc) is 2.47. The molecule has 116 valence electrons. The van der Waals surface area contributed by atoms with Gasteiger partial charge in [0.2, 0.25) is 15.9 Å². The predicted molar refractivity (Wildman–Crippen MR) is 81.4 cm³/mol. The van der Waals surface area contributed by atoms with Crippen LogP contribution in [0.3, 0.4) is 0 Å². The summed E-state index contributed by atoms with van der Waals surface area (Å²) in [5.41, 5.74) is 1.12. The fraction of sp³-hybridized carbons (Fsp3) is 0.500. The van der Waals surface area contributed by atoms with E-state index in [2.05, 4.69) is 10.6 Å². The summed E-state index contributed by atoms with van der Waals surface area (Å²) in [6, 6.07) is 4.84. The molecule has 0 bridgehead atoms. The van der Waals surface area contributed by atoms with E-state index < -0.39 is 10.0 Å². The van der Waals surface area contributed by atoms with Crippen LogP contribution in [0.4, 0.5) is 5.69 Å². The van der Waals surface area contributed by atoms with Crippen molar-refractivity contribution in [3.05, 3.63) is 23.8 Å². The molecule has 21 heavy (non-hydrogen) atoms. The Kier molecular flexibility index (Phi) is 4.97. The van der Waals surface area contributed by atoms with Crippen molar-refractivity contribution in [1.29, 1.82) is 0 Å². The summed E-state index contributed by atoms with van der Waals surface area (Å²) in [5, 5.41) is 11.2. The Hall–Kier alpha value is -1.44. The highest BCUT2D eigenvalue weighted by molar-refractivity contribution is 7.89. The van der Waals surface area contributed by atoms with Crippen molar-refractivity contribution in [3.63, 3.8) is 0 Å².